The first-order valence-electron chi connectivity index (χ1n) is 7.28. The van der Waals surface area contributed by atoms with Crippen LogP contribution in [-0.4, -0.2) is 11.7 Å². The minimum atomic E-state index is -4.48. The number of carbonyl (C=O) groups excluding carboxylic acids is 1. The van der Waals surface area contributed by atoms with E-state index >= 15 is 0 Å². The van der Waals surface area contributed by atoms with Gasteiger partial charge in [-0.3, -0.25) is 4.79 Å². The molecule has 2 heterocycles. The molecule has 1 unspecified atom stereocenters. The summed E-state index contributed by atoms with van der Waals surface area (Å²) in [4.78, 5) is 13.7. The molecule has 0 aliphatic carbocycles. The van der Waals surface area contributed by atoms with Gasteiger partial charge in [0.15, 0.2) is 0 Å². The lowest BCUT2D eigenvalue weighted by atomic mass is 10.1. The Labute approximate surface area is 145 Å². The third kappa shape index (κ3) is 3.60. The molecule has 3 N–H and O–H groups in total. The fourth-order valence-electron chi connectivity index (χ4n) is 2.62. The van der Waals surface area contributed by atoms with E-state index in [0.717, 1.165) is 29.9 Å². The average Bonchev–Trinajstić information content (AvgIpc) is 3.02. The van der Waals surface area contributed by atoms with Gasteiger partial charge in [-0.15, -0.1) is 23.1 Å². The molecule has 1 atom stereocenters. The highest BCUT2D eigenvalue weighted by Gasteiger charge is 2.32. The Kier molecular flexibility index (Phi) is 4.89. The molecule has 24 heavy (non-hydrogen) atoms. The number of nitrogens with two attached hydrogens (primary N) is 1. The first kappa shape index (κ1) is 17.3. The van der Waals surface area contributed by atoms with Crippen molar-refractivity contribution in [2.45, 2.75) is 24.4 Å². The van der Waals surface area contributed by atoms with E-state index in [2.05, 4.69) is 5.32 Å². The smallest absolute Gasteiger partial charge is 0.326 e. The van der Waals surface area contributed by atoms with E-state index in [1.165, 1.54) is 22.7 Å². The van der Waals surface area contributed by atoms with Crippen LogP contribution in [0.3, 0.4) is 0 Å². The van der Waals surface area contributed by atoms with Gasteiger partial charge < -0.3 is 11.1 Å². The lowest BCUT2D eigenvalue weighted by molar-refractivity contribution is -0.137. The fraction of sp³-hybridized carbons (Fsp3) is 0.312. The van der Waals surface area contributed by atoms with Crippen molar-refractivity contribution in [2.75, 3.05) is 11.1 Å². The number of nitrogens with one attached hydrogen (secondary N) is 1. The molecule has 1 aliphatic heterocycles. The summed E-state index contributed by atoms with van der Waals surface area (Å²) in [7, 11) is 0. The summed E-state index contributed by atoms with van der Waals surface area (Å²) in [5.74, 6) is 0.518. The number of thiophene rings is 1. The molecule has 128 valence electrons. The van der Waals surface area contributed by atoms with Gasteiger partial charge in [0, 0.05) is 17.1 Å². The molecule has 1 amide bonds. The van der Waals surface area contributed by atoms with Crippen LogP contribution in [0.15, 0.2) is 29.6 Å². The number of anilines is 1. The second kappa shape index (κ2) is 6.78. The van der Waals surface area contributed by atoms with Gasteiger partial charge in [0.1, 0.15) is 5.25 Å². The second-order valence-electron chi connectivity index (χ2n) is 5.41. The third-order valence-corrected chi connectivity index (χ3v) is 5.98. The standard InChI is InChI=1S/C16H15F3N2OS2/c17-16(18,19)10-5-9(8-20)6-11(7-10)21-15(22)14-12-1-3-23-13(12)2-4-24-14/h1,3,5-7,14H,2,4,8,20H2,(H,21,22). The first-order valence-corrected chi connectivity index (χ1v) is 9.21. The summed E-state index contributed by atoms with van der Waals surface area (Å²) in [5.41, 5.74) is 6.07. The van der Waals surface area contributed by atoms with Gasteiger partial charge in [0.25, 0.3) is 0 Å². The Bertz CT molecular complexity index is 758. The maximum atomic E-state index is 13.0. The van der Waals surface area contributed by atoms with Gasteiger partial charge in [-0.1, -0.05) is 0 Å². The van der Waals surface area contributed by atoms with Crippen molar-refractivity contribution in [1.82, 2.24) is 0 Å². The molecular formula is C16H15F3N2OS2. The lowest BCUT2D eigenvalue weighted by Gasteiger charge is -2.22. The molecule has 0 radical (unpaired) electrons. The van der Waals surface area contributed by atoms with Gasteiger partial charge in [-0.25, -0.2) is 0 Å². The molecule has 1 aromatic carbocycles. The van der Waals surface area contributed by atoms with Crippen molar-refractivity contribution < 1.29 is 18.0 Å². The van der Waals surface area contributed by atoms with Crippen LogP contribution in [-0.2, 0) is 23.9 Å². The van der Waals surface area contributed by atoms with Crippen molar-refractivity contribution in [3.05, 3.63) is 51.2 Å². The number of halogens is 3. The molecule has 0 bridgehead atoms. The Hall–Kier alpha value is -1.51. The zero-order chi connectivity index (χ0) is 17.3. The minimum absolute atomic E-state index is 0.0281. The molecule has 0 saturated heterocycles. The number of alkyl halides is 3. The van der Waals surface area contributed by atoms with Crippen molar-refractivity contribution in [1.29, 1.82) is 0 Å². The van der Waals surface area contributed by atoms with Gasteiger partial charge in [0.2, 0.25) is 5.91 Å². The van der Waals surface area contributed by atoms with Crippen LogP contribution < -0.4 is 11.1 Å². The van der Waals surface area contributed by atoms with E-state index in [4.69, 9.17) is 5.73 Å². The summed E-state index contributed by atoms with van der Waals surface area (Å²) in [5, 5.41) is 4.16. The maximum absolute atomic E-state index is 13.0. The summed E-state index contributed by atoms with van der Waals surface area (Å²) < 4.78 is 38.9. The Morgan fingerprint density at radius 3 is 2.83 bits per heavy atom. The highest BCUT2D eigenvalue weighted by atomic mass is 32.2. The van der Waals surface area contributed by atoms with E-state index in [1.807, 2.05) is 11.4 Å². The van der Waals surface area contributed by atoms with Gasteiger partial charge in [0.05, 0.1) is 5.56 Å². The highest BCUT2D eigenvalue weighted by molar-refractivity contribution is 8.00. The number of fused-ring (bicyclic) bond motifs is 1. The lowest BCUT2D eigenvalue weighted by Crippen LogP contribution is -2.22. The number of hydrogen-bond donors (Lipinski definition) is 2. The quantitative estimate of drug-likeness (QED) is 0.849. The van der Waals surface area contributed by atoms with E-state index in [0.29, 0.717) is 5.56 Å². The zero-order valence-electron chi connectivity index (χ0n) is 12.5. The number of amides is 1. The number of aryl methyl sites for hydroxylation is 1. The Balaban J connectivity index is 1.85. The van der Waals surface area contributed by atoms with Crippen molar-refractivity contribution in [3.8, 4) is 0 Å². The minimum Gasteiger partial charge on any atom is -0.326 e. The van der Waals surface area contributed by atoms with Crippen molar-refractivity contribution >= 4 is 34.7 Å². The normalized spacial score (nSPS) is 17.4. The highest BCUT2D eigenvalue weighted by Crippen LogP contribution is 2.40. The van der Waals surface area contributed by atoms with Crippen LogP contribution >= 0.6 is 23.1 Å². The molecule has 0 saturated carbocycles. The molecular weight excluding hydrogens is 357 g/mol. The van der Waals surface area contributed by atoms with Crippen molar-refractivity contribution in [2.24, 2.45) is 5.73 Å². The molecule has 8 heteroatoms. The predicted molar refractivity (Wildman–Crippen MR) is 91.2 cm³/mol. The van der Waals surface area contributed by atoms with Crippen LogP contribution in [0.25, 0.3) is 0 Å². The van der Waals surface area contributed by atoms with E-state index in [1.54, 1.807) is 11.3 Å². The SMILES string of the molecule is NCc1cc(NC(=O)C2SCCc3sccc32)cc(C(F)(F)F)c1. The summed E-state index contributed by atoms with van der Waals surface area (Å²) >= 11 is 3.11. The number of hydrogen-bond acceptors (Lipinski definition) is 4. The van der Waals surface area contributed by atoms with Crippen LogP contribution in [0.4, 0.5) is 18.9 Å². The summed E-state index contributed by atoms with van der Waals surface area (Å²) in [6, 6.07) is 5.34. The Morgan fingerprint density at radius 2 is 2.12 bits per heavy atom. The second-order valence-corrected chi connectivity index (χ2v) is 7.62. The average molecular weight is 372 g/mol. The monoisotopic (exact) mass is 372 g/mol. The molecule has 1 aliphatic rings. The maximum Gasteiger partial charge on any atom is 0.416 e. The van der Waals surface area contributed by atoms with Crippen LogP contribution in [0, 0.1) is 0 Å². The predicted octanol–water partition coefficient (Wildman–Crippen LogP) is 4.19. The summed E-state index contributed by atoms with van der Waals surface area (Å²) in [6.07, 6.45) is -3.56. The molecule has 1 aromatic heterocycles. The third-order valence-electron chi connectivity index (χ3n) is 3.74. The van der Waals surface area contributed by atoms with Crippen molar-refractivity contribution in [3.63, 3.8) is 0 Å². The van der Waals surface area contributed by atoms with Gasteiger partial charge >= 0.3 is 6.18 Å². The zero-order valence-corrected chi connectivity index (χ0v) is 14.2. The number of carbonyl (C=O) groups is 1. The van der Waals surface area contributed by atoms with Crippen LogP contribution in [0.5, 0.6) is 0 Å². The van der Waals surface area contributed by atoms with Gasteiger partial charge in [-0.05, 0) is 52.9 Å². The Morgan fingerprint density at radius 1 is 1.33 bits per heavy atom. The number of thioether (sulfide) groups is 1. The molecule has 3 rings (SSSR count). The summed E-state index contributed by atoms with van der Waals surface area (Å²) in [6.45, 7) is -0.0281. The van der Waals surface area contributed by atoms with Crippen LogP contribution in [0.2, 0.25) is 0 Å². The first-order chi connectivity index (χ1) is 11.4. The molecule has 2 aromatic rings. The van der Waals surface area contributed by atoms with E-state index in [9.17, 15) is 18.0 Å². The molecule has 3 nitrogen and oxygen atoms in total. The molecule has 0 fully saturated rings. The largest absolute Gasteiger partial charge is 0.416 e. The number of rotatable bonds is 3. The van der Waals surface area contributed by atoms with Crippen LogP contribution in [0.1, 0.15) is 26.8 Å². The topological polar surface area (TPSA) is 55.1 Å². The number of benzene rings is 1. The van der Waals surface area contributed by atoms with E-state index < -0.39 is 17.0 Å². The fourth-order valence-corrected chi connectivity index (χ4v) is 4.91. The molecule has 0 spiro atoms. The van der Waals surface area contributed by atoms with Gasteiger partial charge in [-0.2, -0.15) is 13.2 Å². The van der Waals surface area contributed by atoms with E-state index in [-0.39, 0.29) is 18.1 Å².